The van der Waals surface area contributed by atoms with Gasteiger partial charge in [-0.15, -0.1) is 0 Å². The molecule has 1 atom stereocenters. The topological polar surface area (TPSA) is 92.7 Å². The maximum atomic E-state index is 12.3. The molecule has 6 nitrogen and oxygen atoms in total. The third-order valence-corrected chi connectivity index (χ3v) is 3.73. The Morgan fingerprint density at radius 2 is 1.89 bits per heavy atom. The number of esters is 1. The summed E-state index contributed by atoms with van der Waals surface area (Å²) in [5.41, 5.74) is 0.420. The second-order valence-electron chi connectivity index (χ2n) is 5.84. The highest BCUT2D eigenvalue weighted by Gasteiger charge is 2.15. The molecule has 0 saturated carbocycles. The molecule has 6 heteroatoms. The molecule has 2 N–H and O–H groups in total. The van der Waals surface area contributed by atoms with E-state index in [1.165, 1.54) is 12.1 Å². The van der Waals surface area contributed by atoms with E-state index in [0.717, 1.165) is 6.42 Å². The fraction of sp³-hybridized carbons (Fsp3) is 0.286. The summed E-state index contributed by atoms with van der Waals surface area (Å²) in [7, 11) is 0. The van der Waals surface area contributed by atoms with Gasteiger partial charge in [-0.25, -0.2) is 4.79 Å². The Kier molecular flexibility index (Phi) is 7.68. The molecule has 1 aliphatic rings. The van der Waals surface area contributed by atoms with Crippen LogP contribution in [0.1, 0.15) is 40.0 Å². The van der Waals surface area contributed by atoms with Crippen LogP contribution >= 0.6 is 0 Å². The van der Waals surface area contributed by atoms with Gasteiger partial charge in [0, 0.05) is 24.3 Å². The molecule has 1 amide bonds. The SMILES string of the molecule is O=C(O)CNC(=O)c1cccc(C(=O)OCC2CC#C/C=C\C#CCC2)c1. The fourth-order valence-electron chi connectivity index (χ4n) is 2.32. The second kappa shape index (κ2) is 10.5. The Morgan fingerprint density at radius 3 is 2.67 bits per heavy atom. The molecule has 1 aliphatic carbocycles. The molecule has 0 radical (unpaired) electrons. The molecule has 0 heterocycles. The van der Waals surface area contributed by atoms with Gasteiger partial charge in [0.25, 0.3) is 5.91 Å². The van der Waals surface area contributed by atoms with E-state index in [1.807, 2.05) is 0 Å². The molecule has 0 bridgehead atoms. The zero-order valence-electron chi connectivity index (χ0n) is 14.7. The summed E-state index contributed by atoms with van der Waals surface area (Å²) in [5, 5.41) is 10.9. The van der Waals surface area contributed by atoms with Crippen LogP contribution in [0.4, 0.5) is 0 Å². The number of hydrogen-bond acceptors (Lipinski definition) is 4. The van der Waals surface area contributed by atoms with Gasteiger partial charge in [0.15, 0.2) is 0 Å². The molecule has 0 aliphatic heterocycles. The first-order valence-corrected chi connectivity index (χ1v) is 8.45. The minimum absolute atomic E-state index is 0.0873. The quantitative estimate of drug-likeness (QED) is 0.594. The lowest BCUT2D eigenvalue weighted by molar-refractivity contribution is -0.135. The molecular formula is C21H19NO5. The minimum atomic E-state index is -1.15. The fourth-order valence-corrected chi connectivity index (χ4v) is 2.32. The average molecular weight is 365 g/mol. The van der Waals surface area contributed by atoms with E-state index in [-0.39, 0.29) is 23.7 Å². The minimum Gasteiger partial charge on any atom is -0.480 e. The van der Waals surface area contributed by atoms with E-state index in [4.69, 9.17) is 9.84 Å². The van der Waals surface area contributed by atoms with Crippen LogP contribution in [-0.4, -0.2) is 36.1 Å². The van der Waals surface area contributed by atoms with Gasteiger partial charge in [-0.3, -0.25) is 9.59 Å². The molecular weight excluding hydrogens is 346 g/mol. The highest BCUT2D eigenvalue weighted by Crippen LogP contribution is 2.14. The lowest BCUT2D eigenvalue weighted by Crippen LogP contribution is -2.29. The van der Waals surface area contributed by atoms with Gasteiger partial charge in [-0.1, -0.05) is 29.7 Å². The largest absolute Gasteiger partial charge is 0.480 e. The van der Waals surface area contributed by atoms with E-state index in [2.05, 4.69) is 29.0 Å². The molecule has 0 saturated heterocycles. The first-order valence-electron chi connectivity index (χ1n) is 8.45. The van der Waals surface area contributed by atoms with Crippen molar-refractivity contribution in [2.75, 3.05) is 13.2 Å². The van der Waals surface area contributed by atoms with Gasteiger partial charge in [0.1, 0.15) is 6.54 Å². The maximum absolute atomic E-state index is 12.3. The third-order valence-electron chi connectivity index (χ3n) is 3.73. The van der Waals surface area contributed by atoms with Crippen LogP contribution in [0.5, 0.6) is 0 Å². The number of ether oxygens (including phenoxy) is 1. The highest BCUT2D eigenvalue weighted by atomic mass is 16.5. The summed E-state index contributed by atoms with van der Waals surface area (Å²) in [6, 6.07) is 5.96. The number of allylic oxidation sites excluding steroid dienone is 2. The Bertz CT molecular complexity index is 864. The van der Waals surface area contributed by atoms with Crippen molar-refractivity contribution < 1.29 is 24.2 Å². The average Bonchev–Trinajstić information content (AvgIpc) is 2.68. The van der Waals surface area contributed by atoms with Gasteiger partial charge in [-0.2, -0.15) is 0 Å². The van der Waals surface area contributed by atoms with Gasteiger partial charge in [0.2, 0.25) is 0 Å². The highest BCUT2D eigenvalue weighted by molar-refractivity contribution is 5.98. The summed E-state index contributed by atoms with van der Waals surface area (Å²) < 4.78 is 5.37. The van der Waals surface area contributed by atoms with Crippen LogP contribution in [0.15, 0.2) is 36.4 Å². The van der Waals surface area contributed by atoms with Crippen molar-refractivity contribution in [1.29, 1.82) is 0 Å². The standard InChI is InChI=1S/C21H19NO5/c23-19(24)14-22-20(25)17-11-8-12-18(13-17)21(26)27-15-16-9-6-4-2-1-3-5-7-10-16/h1-2,8,11-13,16H,7,9-10,14-15H2,(H,22,25)(H,23,24)/b2-1-. The van der Waals surface area contributed by atoms with Crippen molar-refractivity contribution in [3.8, 4) is 23.7 Å². The lowest BCUT2D eigenvalue weighted by Gasteiger charge is -2.13. The molecule has 1 unspecified atom stereocenters. The number of rotatable bonds is 6. The van der Waals surface area contributed by atoms with Crippen molar-refractivity contribution in [3.05, 3.63) is 47.5 Å². The Morgan fingerprint density at radius 1 is 1.15 bits per heavy atom. The predicted molar refractivity (Wildman–Crippen MR) is 98.7 cm³/mol. The Balaban J connectivity index is 1.94. The second-order valence-corrected chi connectivity index (χ2v) is 5.84. The number of nitrogens with one attached hydrogen (secondary N) is 1. The third kappa shape index (κ3) is 7.09. The number of carboxylic acids is 1. The number of benzene rings is 1. The van der Waals surface area contributed by atoms with E-state index in [0.29, 0.717) is 12.8 Å². The van der Waals surface area contributed by atoms with Gasteiger partial charge < -0.3 is 15.2 Å². The van der Waals surface area contributed by atoms with Crippen LogP contribution in [0.25, 0.3) is 0 Å². The van der Waals surface area contributed by atoms with Crippen LogP contribution < -0.4 is 5.32 Å². The smallest absolute Gasteiger partial charge is 0.338 e. The molecule has 1 aromatic carbocycles. The summed E-state index contributed by atoms with van der Waals surface area (Å²) in [4.78, 5) is 34.7. The zero-order valence-corrected chi connectivity index (χ0v) is 14.7. The van der Waals surface area contributed by atoms with Crippen molar-refractivity contribution in [2.45, 2.75) is 19.3 Å². The van der Waals surface area contributed by atoms with Crippen molar-refractivity contribution in [3.63, 3.8) is 0 Å². The van der Waals surface area contributed by atoms with Crippen LogP contribution in [0, 0.1) is 29.6 Å². The van der Waals surface area contributed by atoms with Crippen LogP contribution in [-0.2, 0) is 9.53 Å². The monoisotopic (exact) mass is 365 g/mol. The van der Waals surface area contributed by atoms with E-state index < -0.39 is 24.4 Å². The van der Waals surface area contributed by atoms with Crippen molar-refractivity contribution in [1.82, 2.24) is 5.32 Å². The summed E-state index contributed by atoms with van der Waals surface area (Å²) in [6.07, 6.45) is 5.50. The van der Waals surface area contributed by atoms with Gasteiger partial charge in [0.05, 0.1) is 12.2 Å². The number of aliphatic carboxylic acids is 1. The summed E-state index contributed by atoms with van der Waals surface area (Å²) in [5.74, 6) is 9.63. The van der Waals surface area contributed by atoms with Gasteiger partial charge in [-0.05, 0) is 36.8 Å². The predicted octanol–water partition coefficient (Wildman–Crippen LogP) is 2.02. The van der Waals surface area contributed by atoms with Gasteiger partial charge >= 0.3 is 11.9 Å². The van der Waals surface area contributed by atoms with E-state index >= 15 is 0 Å². The first kappa shape index (κ1) is 19.8. The molecule has 0 spiro atoms. The Hall–Kier alpha value is -3.51. The summed E-state index contributed by atoms with van der Waals surface area (Å²) in [6.45, 7) is -0.275. The maximum Gasteiger partial charge on any atom is 0.338 e. The van der Waals surface area contributed by atoms with E-state index in [9.17, 15) is 14.4 Å². The van der Waals surface area contributed by atoms with E-state index in [1.54, 1.807) is 24.3 Å². The first-order chi connectivity index (χ1) is 13.1. The van der Waals surface area contributed by atoms with Crippen LogP contribution in [0.3, 0.4) is 0 Å². The number of carbonyl (C=O) groups excluding carboxylic acids is 2. The molecule has 1 aromatic rings. The number of hydrogen-bond donors (Lipinski definition) is 2. The summed E-state index contributed by atoms with van der Waals surface area (Å²) >= 11 is 0. The van der Waals surface area contributed by atoms with Crippen molar-refractivity contribution in [2.24, 2.45) is 5.92 Å². The molecule has 0 aromatic heterocycles. The van der Waals surface area contributed by atoms with Crippen LogP contribution in [0.2, 0.25) is 0 Å². The number of carboxylic acid groups (broad SMARTS) is 1. The molecule has 2 rings (SSSR count). The normalized spacial score (nSPS) is 16.5. The zero-order chi connectivity index (χ0) is 19.5. The lowest BCUT2D eigenvalue weighted by atomic mass is 10.0. The Labute approximate surface area is 157 Å². The molecule has 0 fully saturated rings. The molecule has 138 valence electrons. The number of amides is 1. The van der Waals surface area contributed by atoms with Crippen molar-refractivity contribution >= 4 is 17.8 Å². The molecule has 27 heavy (non-hydrogen) atoms. The number of carbonyl (C=O) groups is 3.